The highest BCUT2D eigenvalue weighted by Crippen LogP contribution is 2.18. The summed E-state index contributed by atoms with van der Waals surface area (Å²) in [5.74, 6) is -0.469. The van der Waals surface area contributed by atoms with Crippen LogP contribution in [0, 0.1) is 0 Å². The molecule has 0 saturated carbocycles. The Morgan fingerprint density at radius 2 is 2.50 bits per heavy atom. The summed E-state index contributed by atoms with van der Waals surface area (Å²) in [6.07, 6.45) is 1.68. The quantitative estimate of drug-likeness (QED) is 0.817. The zero-order chi connectivity index (χ0) is 9.14. The maximum atomic E-state index is 10.4. The Kier molecular flexibility index (Phi) is 2.88. The Bertz CT molecular complexity index is 284. The molecule has 0 aliphatic rings. The highest BCUT2D eigenvalue weighted by molar-refractivity contribution is 9.10. The molecule has 1 atom stereocenters. The van der Waals surface area contributed by atoms with Crippen molar-refractivity contribution < 1.29 is 14.3 Å². The maximum absolute atomic E-state index is 10.4. The summed E-state index contributed by atoms with van der Waals surface area (Å²) < 4.78 is 5.74. The molecule has 0 aliphatic heterocycles. The third-order valence-electron chi connectivity index (χ3n) is 1.41. The lowest BCUT2D eigenvalue weighted by Gasteiger charge is -2.02. The molecule has 3 N–H and O–H groups in total. The van der Waals surface area contributed by atoms with Crippen LogP contribution in [-0.2, 0) is 11.2 Å². The lowest BCUT2D eigenvalue weighted by molar-refractivity contribution is -0.138. The van der Waals surface area contributed by atoms with Crippen molar-refractivity contribution in [2.45, 2.75) is 12.5 Å². The number of furan rings is 1. The van der Waals surface area contributed by atoms with Crippen LogP contribution in [0.3, 0.4) is 0 Å². The van der Waals surface area contributed by atoms with Crippen LogP contribution < -0.4 is 5.73 Å². The maximum Gasteiger partial charge on any atom is 0.320 e. The van der Waals surface area contributed by atoms with E-state index in [2.05, 4.69) is 15.9 Å². The minimum Gasteiger partial charge on any atom is -0.480 e. The second-order valence-corrected chi connectivity index (χ2v) is 3.19. The molecule has 4 nitrogen and oxygen atoms in total. The minimum atomic E-state index is -1.03. The van der Waals surface area contributed by atoms with Crippen LogP contribution in [0.2, 0.25) is 0 Å². The van der Waals surface area contributed by atoms with Crippen molar-refractivity contribution in [3.05, 3.63) is 22.6 Å². The normalized spacial score (nSPS) is 12.8. The molecule has 0 aliphatic carbocycles. The Morgan fingerprint density at radius 3 is 2.92 bits per heavy atom. The van der Waals surface area contributed by atoms with Gasteiger partial charge in [0.1, 0.15) is 11.8 Å². The molecule has 0 radical (unpaired) electrons. The monoisotopic (exact) mass is 233 g/mol. The molecule has 0 spiro atoms. The van der Waals surface area contributed by atoms with Gasteiger partial charge in [-0.05, 0) is 22.0 Å². The predicted octanol–water partition coefficient (Wildman–Crippen LogP) is 0.997. The van der Waals surface area contributed by atoms with Crippen molar-refractivity contribution in [3.63, 3.8) is 0 Å². The van der Waals surface area contributed by atoms with Crippen molar-refractivity contribution in [3.8, 4) is 0 Å². The van der Waals surface area contributed by atoms with Crippen molar-refractivity contribution in [2.24, 2.45) is 5.73 Å². The number of hydrogen-bond acceptors (Lipinski definition) is 3. The zero-order valence-electron chi connectivity index (χ0n) is 6.16. The van der Waals surface area contributed by atoms with Gasteiger partial charge in [-0.3, -0.25) is 4.79 Å². The van der Waals surface area contributed by atoms with E-state index in [-0.39, 0.29) is 6.42 Å². The van der Waals surface area contributed by atoms with Gasteiger partial charge in [0.15, 0.2) is 0 Å². The van der Waals surface area contributed by atoms with Crippen LogP contribution in [-0.4, -0.2) is 17.1 Å². The van der Waals surface area contributed by atoms with E-state index >= 15 is 0 Å². The molecule has 1 aromatic heterocycles. The molecule has 0 aromatic carbocycles. The molecule has 0 amide bonds. The molecule has 0 saturated heterocycles. The zero-order valence-corrected chi connectivity index (χ0v) is 7.74. The Morgan fingerprint density at radius 1 is 1.83 bits per heavy atom. The molecule has 66 valence electrons. The van der Waals surface area contributed by atoms with Gasteiger partial charge in [0.05, 0.1) is 10.7 Å². The van der Waals surface area contributed by atoms with E-state index in [0.29, 0.717) is 5.76 Å². The summed E-state index contributed by atoms with van der Waals surface area (Å²) in [6, 6.07) is 0.789. The molecule has 0 unspecified atom stereocenters. The third kappa shape index (κ3) is 2.09. The molecule has 12 heavy (non-hydrogen) atoms. The van der Waals surface area contributed by atoms with Crippen LogP contribution in [0.1, 0.15) is 5.76 Å². The van der Waals surface area contributed by atoms with E-state index in [0.717, 1.165) is 4.47 Å². The molecular weight excluding hydrogens is 226 g/mol. The number of hydrogen-bond donors (Lipinski definition) is 2. The van der Waals surface area contributed by atoms with Gasteiger partial charge >= 0.3 is 5.97 Å². The number of rotatable bonds is 3. The lowest BCUT2D eigenvalue weighted by atomic mass is 10.2. The fourth-order valence-electron chi connectivity index (χ4n) is 0.758. The summed E-state index contributed by atoms with van der Waals surface area (Å²) in [4.78, 5) is 10.4. The van der Waals surface area contributed by atoms with Crippen LogP contribution in [0.4, 0.5) is 0 Å². The average molecular weight is 234 g/mol. The highest BCUT2D eigenvalue weighted by Gasteiger charge is 2.15. The number of carboxylic acids is 1. The smallest absolute Gasteiger partial charge is 0.320 e. The van der Waals surface area contributed by atoms with Crippen molar-refractivity contribution >= 4 is 21.9 Å². The van der Waals surface area contributed by atoms with Crippen LogP contribution in [0.5, 0.6) is 0 Å². The van der Waals surface area contributed by atoms with Gasteiger partial charge in [0, 0.05) is 6.42 Å². The summed E-state index contributed by atoms with van der Waals surface area (Å²) in [5.41, 5.74) is 5.30. The average Bonchev–Trinajstić information content (AvgIpc) is 2.36. The Balaban J connectivity index is 2.64. The summed E-state index contributed by atoms with van der Waals surface area (Å²) in [7, 11) is 0. The topological polar surface area (TPSA) is 76.5 Å². The van der Waals surface area contributed by atoms with Gasteiger partial charge in [-0.2, -0.15) is 0 Å². The van der Waals surface area contributed by atoms with E-state index in [9.17, 15) is 4.79 Å². The second-order valence-electron chi connectivity index (χ2n) is 2.34. The second kappa shape index (κ2) is 3.73. The first kappa shape index (κ1) is 9.28. The predicted molar refractivity (Wildman–Crippen MR) is 45.7 cm³/mol. The van der Waals surface area contributed by atoms with Gasteiger partial charge < -0.3 is 15.3 Å². The third-order valence-corrected chi connectivity index (χ3v) is 2.12. The molecule has 0 fully saturated rings. The van der Waals surface area contributed by atoms with Gasteiger partial charge in [-0.15, -0.1) is 0 Å². The van der Waals surface area contributed by atoms with E-state index < -0.39 is 12.0 Å². The van der Waals surface area contributed by atoms with Gasteiger partial charge in [-0.1, -0.05) is 0 Å². The largest absolute Gasteiger partial charge is 0.480 e. The van der Waals surface area contributed by atoms with Gasteiger partial charge in [0.2, 0.25) is 0 Å². The summed E-state index contributed by atoms with van der Waals surface area (Å²) >= 11 is 3.20. The van der Waals surface area contributed by atoms with Crippen LogP contribution in [0.25, 0.3) is 0 Å². The lowest BCUT2D eigenvalue weighted by Crippen LogP contribution is -2.32. The van der Waals surface area contributed by atoms with E-state index in [1.807, 2.05) is 0 Å². The first-order valence-electron chi connectivity index (χ1n) is 3.31. The molecule has 0 bridgehead atoms. The standard InChI is InChI=1S/C7H8BrNO3/c8-4-1-2-12-6(4)3-5(9)7(10)11/h1-2,5H,3,9H2,(H,10,11)/t5-/m0/s1. The van der Waals surface area contributed by atoms with Crippen molar-refractivity contribution in [1.29, 1.82) is 0 Å². The number of aliphatic carboxylic acids is 1. The van der Waals surface area contributed by atoms with Crippen LogP contribution >= 0.6 is 15.9 Å². The van der Waals surface area contributed by atoms with Crippen molar-refractivity contribution in [2.75, 3.05) is 0 Å². The van der Waals surface area contributed by atoms with E-state index in [1.165, 1.54) is 6.26 Å². The van der Waals surface area contributed by atoms with Gasteiger partial charge in [-0.25, -0.2) is 0 Å². The number of carboxylic acid groups (broad SMARTS) is 1. The summed E-state index contributed by atoms with van der Waals surface area (Å²) in [5, 5.41) is 8.49. The molecule has 1 rings (SSSR count). The molecule has 1 heterocycles. The fraction of sp³-hybridized carbons (Fsp3) is 0.286. The minimum absolute atomic E-state index is 0.197. The molecular formula is C7H8BrNO3. The number of nitrogens with two attached hydrogens (primary N) is 1. The Labute approximate surface area is 77.5 Å². The highest BCUT2D eigenvalue weighted by atomic mass is 79.9. The van der Waals surface area contributed by atoms with Crippen LogP contribution in [0.15, 0.2) is 21.2 Å². The first-order chi connectivity index (χ1) is 5.61. The van der Waals surface area contributed by atoms with Gasteiger partial charge in [0.25, 0.3) is 0 Å². The summed E-state index contributed by atoms with van der Waals surface area (Å²) in [6.45, 7) is 0. The molecule has 5 heteroatoms. The van der Waals surface area contributed by atoms with Crippen molar-refractivity contribution in [1.82, 2.24) is 0 Å². The van der Waals surface area contributed by atoms with E-state index in [4.69, 9.17) is 15.3 Å². The SMILES string of the molecule is N[C@@H](Cc1occc1Br)C(=O)O. The number of halogens is 1. The molecule has 1 aromatic rings. The first-order valence-corrected chi connectivity index (χ1v) is 4.11. The fourth-order valence-corrected chi connectivity index (χ4v) is 1.12. The Hall–Kier alpha value is -0.810. The number of carbonyl (C=O) groups is 1. The van der Waals surface area contributed by atoms with E-state index in [1.54, 1.807) is 6.07 Å².